The number of hydrogen-bond acceptors (Lipinski definition) is 3. The molecule has 1 amide bonds. The second kappa shape index (κ2) is 15.7. The van der Waals surface area contributed by atoms with E-state index in [9.17, 15) is 4.79 Å². The molecule has 0 aliphatic carbocycles. The number of carbonyl (C=O) groups excluding carboxylic acids is 1. The summed E-state index contributed by atoms with van der Waals surface area (Å²) in [5.41, 5.74) is 0. The van der Waals surface area contributed by atoms with E-state index in [1.807, 2.05) is 0 Å². The molecule has 0 aromatic rings. The Labute approximate surface area is 145 Å². The van der Waals surface area contributed by atoms with Crippen molar-refractivity contribution in [1.29, 1.82) is 0 Å². The largest absolute Gasteiger partial charge is 0.442 e. The quantitative estimate of drug-likeness (QED) is 0.374. The highest BCUT2D eigenvalue weighted by Gasteiger charge is 2.30. The van der Waals surface area contributed by atoms with Crippen LogP contribution in [0.2, 0.25) is 38.8 Å². The summed E-state index contributed by atoms with van der Waals surface area (Å²) >= 11 is 0. The molecule has 0 rings (SSSR count). The van der Waals surface area contributed by atoms with E-state index in [4.69, 9.17) is 8.23 Å². The summed E-state index contributed by atoms with van der Waals surface area (Å²) in [5.74, 6) is -0.102. The van der Waals surface area contributed by atoms with E-state index in [-0.39, 0.29) is 35.6 Å². The number of nitrogens with one attached hydrogen (secondary N) is 1. The van der Waals surface area contributed by atoms with Crippen molar-refractivity contribution in [1.82, 2.24) is 5.32 Å². The molecule has 0 aliphatic heterocycles. The Morgan fingerprint density at radius 1 is 1.14 bits per heavy atom. The molecular formula is C15H43NO3Si3. The van der Waals surface area contributed by atoms with Gasteiger partial charge >= 0.3 is 8.56 Å². The summed E-state index contributed by atoms with van der Waals surface area (Å²) in [7, 11) is -3.94. The number of carbonyl (C=O) groups is 1. The summed E-state index contributed by atoms with van der Waals surface area (Å²) in [5, 5.41) is 2.76. The van der Waals surface area contributed by atoms with Gasteiger partial charge in [-0.15, -0.1) is 0 Å². The Hall–Kier alpha value is -0.219. The molecule has 22 heavy (non-hydrogen) atoms. The van der Waals surface area contributed by atoms with E-state index in [2.05, 4.69) is 44.6 Å². The maximum atomic E-state index is 10.9. The number of hydrogen-bond donors (Lipinski definition) is 1. The molecule has 0 aliphatic rings. The zero-order chi connectivity index (χ0) is 14.2. The van der Waals surface area contributed by atoms with Gasteiger partial charge < -0.3 is 13.5 Å². The molecule has 0 atom stereocenters. The molecule has 0 fully saturated rings. The highest BCUT2D eigenvalue weighted by Crippen LogP contribution is 2.14. The van der Waals surface area contributed by atoms with Crippen molar-refractivity contribution in [3.05, 3.63) is 12.7 Å². The van der Waals surface area contributed by atoms with E-state index in [1.165, 1.54) is 6.08 Å². The van der Waals surface area contributed by atoms with Gasteiger partial charge in [0.25, 0.3) is 0 Å². The van der Waals surface area contributed by atoms with Gasteiger partial charge in [-0.3, -0.25) is 4.79 Å². The van der Waals surface area contributed by atoms with Crippen LogP contribution in [-0.4, -0.2) is 39.1 Å². The Kier molecular flexibility index (Phi) is 23.8. The van der Waals surface area contributed by atoms with Crippen molar-refractivity contribution in [3.63, 3.8) is 0 Å². The first kappa shape index (κ1) is 33.4. The van der Waals surface area contributed by atoms with Crippen LogP contribution in [0.5, 0.6) is 0 Å². The summed E-state index contributed by atoms with van der Waals surface area (Å²) < 4.78 is 12.1. The third kappa shape index (κ3) is 22.1. The fraction of sp³-hybridized carbons (Fsp3) is 0.800. The molecule has 0 heterocycles. The molecule has 0 aromatic carbocycles. The molecule has 0 aromatic heterocycles. The Morgan fingerprint density at radius 3 is 2.05 bits per heavy atom. The predicted octanol–water partition coefficient (Wildman–Crippen LogP) is 4.30. The number of rotatable bonds is 9. The SMILES string of the molecule is C.C.C.C.C=CC(=O)NCCC[SiH2]O[Si](C)(C)O[Si](C)(C)C. The van der Waals surface area contributed by atoms with Crippen LogP contribution in [0.15, 0.2) is 12.7 Å². The molecule has 0 bridgehead atoms. The smallest absolute Gasteiger partial charge is 0.310 e. The summed E-state index contributed by atoms with van der Waals surface area (Å²) in [6.45, 7) is 14.9. The average molecular weight is 370 g/mol. The van der Waals surface area contributed by atoms with Crippen LogP contribution in [0.1, 0.15) is 36.1 Å². The highest BCUT2D eigenvalue weighted by molar-refractivity contribution is 6.82. The molecule has 0 saturated carbocycles. The van der Waals surface area contributed by atoms with Crippen LogP contribution in [0.3, 0.4) is 0 Å². The highest BCUT2D eigenvalue weighted by atomic mass is 28.5. The predicted molar refractivity (Wildman–Crippen MR) is 111 cm³/mol. The van der Waals surface area contributed by atoms with Crippen LogP contribution >= 0.6 is 0 Å². The Bertz CT molecular complexity index is 280. The van der Waals surface area contributed by atoms with Gasteiger partial charge in [0.2, 0.25) is 5.91 Å². The van der Waals surface area contributed by atoms with Crippen molar-refractivity contribution in [2.24, 2.45) is 0 Å². The minimum absolute atomic E-state index is 0. The average Bonchev–Trinajstić information content (AvgIpc) is 2.19. The molecule has 7 heteroatoms. The Balaban J connectivity index is -0.000000241. The summed E-state index contributed by atoms with van der Waals surface area (Å²) in [6.07, 6.45) is 2.27. The van der Waals surface area contributed by atoms with Gasteiger partial charge in [0.1, 0.15) is 9.76 Å². The van der Waals surface area contributed by atoms with Gasteiger partial charge in [-0.1, -0.05) is 36.3 Å². The van der Waals surface area contributed by atoms with Gasteiger partial charge in [0, 0.05) is 6.54 Å². The number of amides is 1. The summed E-state index contributed by atoms with van der Waals surface area (Å²) in [4.78, 5) is 10.9. The monoisotopic (exact) mass is 369 g/mol. The van der Waals surface area contributed by atoms with Crippen LogP contribution < -0.4 is 5.32 Å². The maximum Gasteiger partial charge on any atom is 0.310 e. The van der Waals surface area contributed by atoms with Crippen LogP contribution in [-0.2, 0) is 13.0 Å². The first-order valence-electron chi connectivity index (χ1n) is 6.41. The molecule has 0 spiro atoms. The van der Waals surface area contributed by atoms with Gasteiger partial charge in [-0.2, -0.15) is 0 Å². The van der Waals surface area contributed by atoms with Gasteiger partial charge in [0.15, 0.2) is 8.32 Å². The lowest BCUT2D eigenvalue weighted by Gasteiger charge is -2.31. The van der Waals surface area contributed by atoms with Crippen molar-refractivity contribution in [2.75, 3.05) is 6.54 Å². The van der Waals surface area contributed by atoms with Crippen molar-refractivity contribution in [3.8, 4) is 0 Å². The van der Waals surface area contributed by atoms with E-state index in [0.717, 1.165) is 12.5 Å². The lowest BCUT2D eigenvalue weighted by atomic mass is 10.4. The topological polar surface area (TPSA) is 47.6 Å². The maximum absolute atomic E-state index is 10.9. The molecule has 138 valence electrons. The standard InChI is InChI=1S/C11H27NO3Si3.4CH4/c1-7-11(13)12-9-8-10-16-14-18(5,6)15-17(2,3)4;;;;/h7H,1,8-10,16H2,2-6H3,(H,12,13);4*1H4. The summed E-state index contributed by atoms with van der Waals surface area (Å²) in [6, 6.07) is 1.07. The van der Waals surface area contributed by atoms with E-state index in [1.54, 1.807) is 0 Å². The normalized spacial score (nSPS) is 10.6. The molecule has 0 unspecified atom stereocenters. The lowest BCUT2D eigenvalue weighted by molar-refractivity contribution is -0.116. The molecule has 4 nitrogen and oxygen atoms in total. The minimum Gasteiger partial charge on any atom is -0.442 e. The zero-order valence-corrected chi connectivity index (χ0v) is 15.8. The van der Waals surface area contributed by atoms with Crippen molar-refractivity contribution >= 4 is 32.5 Å². The minimum atomic E-state index is -1.91. The third-order valence-corrected chi connectivity index (χ3v) is 10.9. The van der Waals surface area contributed by atoms with Crippen molar-refractivity contribution in [2.45, 2.75) is 74.9 Å². The van der Waals surface area contributed by atoms with E-state index >= 15 is 0 Å². The van der Waals surface area contributed by atoms with Crippen molar-refractivity contribution < 1.29 is 13.0 Å². The van der Waals surface area contributed by atoms with Crippen LogP contribution in [0.25, 0.3) is 0 Å². The first-order valence-corrected chi connectivity index (χ1v) is 14.2. The molecule has 0 saturated heterocycles. The van der Waals surface area contributed by atoms with Crippen LogP contribution in [0.4, 0.5) is 0 Å². The molecular weight excluding hydrogens is 326 g/mol. The third-order valence-electron chi connectivity index (χ3n) is 2.06. The van der Waals surface area contributed by atoms with Gasteiger partial charge in [-0.25, -0.2) is 0 Å². The fourth-order valence-corrected chi connectivity index (χ4v) is 11.3. The van der Waals surface area contributed by atoms with Crippen LogP contribution in [0, 0.1) is 0 Å². The van der Waals surface area contributed by atoms with E-state index in [0.29, 0.717) is 6.54 Å². The second-order valence-corrected chi connectivity index (χ2v) is 15.8. The molecule has 1 N–H and O–H groups in total. The lowest BCUT2D eigenvalue weighted by Crippen LogP contribution is -2.45. The second-order valence-electron chi connectivity index (χ2n) is 5.66. The molecule has 0 radical (unpaired) electrons. The van der Waals surface area contributed by atoms with Gasteiger partial charge in [0.05, 0.1) is 0 Å². The van der Waals surface area contributed by atoms with E-state index < -0.39 is 26.6 Å². The van der Waals surface area contributed by atoms with Gasteiger partial charge in [-0.05, 0) is 51.3 Å². The fourth-order valence-electron chi connectivity index (χ4n) is 1.60. The Morgan fingerprint density at radius 2 is 1.64 bits per heavy atom. The zero-order valence-electron chi connectivity index (χ0n) is 12.3. The first-order chi connectivity index (χ1) is 8.16.